The zero-order chi connectivity index (χ0) is 17.2. The summed E-state index contributed by atoms with van der Waals surface area (Å²) in [6, 6.07) is 8.16. The second kappa shape index (κ2) is 9.75. The molecule has 0 radical (unpaired) electrons. The first-order valence-electron chi connectivity index (χ1n) is 8.69. The van der Waals surface area contributed by atoms with Crippen LogP contribution < -0.4 is 10.6 Å². The standard InChI is InChI=1S/C19H28N4O/c1-4-5-6-7-12-21-19(20-3)22-13-17-14-24-18(23-17)16-10-8-15(2)9-11-16/h8-11,14H,4-7,12-13H2,1-3H3,(H2,20,21,22). The molecule has 24 heavy (non-hydrogen) atoms. The van der Waals surface area contributed by atoms with Crippen LogP contribution in [-0.4, -0.2) is 24.5 Å². The van der Waals surface area contributed by atoms with E-state index in [-0.39, 0.29) is 0 Å². The van der Waals surface area contributed by atoms with Crippen LogP contribution in [0.2, 0.25) is 0 Å². The summed E-state index contributed by atoms with van der Waals surface area (Å²) in [4.78, 5) is 8.76. The van der Waals surface area contributed by atoms with Crippen molar-refractivity contribution in [1.82, 2.24) is 15.6 Å². The van der Waals surface area contributed by atoms with Crippen molar-refractivity contribution < 1.29 is 4.42 Å². The Morgan fingerprint density at radius 2 is 1.92 bits per heavy atom. The van der Waals surface area contributed by atoms with E-state index in [1.54, 1.807) is 13.3 Å². The van der Waals surface area contributed by atoms with Crippen LogP contribution in [0.15, 0.2) is 39.9 Å². The van der Waals surface area contributed by atoms with Gasteiger partial charge in [-0.15, -0.1) is 0 Å². The predicted molar refractivity (Wildman–Crippen MR) is 99.0 cm³/mol. The molecular weight excluding hydrogens is 300 g/mol. The van der Waals surface area contributed by atoms with Gasteiger partial charge in [0.1, 0.15) is 6.26 Å². The maximum atomic E-state index is 5.57. The SMILES string of the molecule is CCCCCCNC(=NC)NCc1coc(-c2ccc(C)cc2)n1. The number of unbranched alkanes of at least 4 members (excludes halogenated alkanes) is 3. The third-order valence-corrected chi connectivity index (χ3v) is 3.83. The third-order valence-electron chi connectivity index (χ3n) is 3.83. The lowest BCUT2D eigenvalue weighted by Gasteiger charge is -2.10. The van der Waals surface area contributed by atoms with Gasteiger partial charge in [-0.1, -0.05) is 43.9 Å². The van der Waals surface area contributed by atoms with Crippen molar-refractivity contribution in [2.24, 2.45) is 4.99 Å². The monoisotopic (exact) mass is 328 g/mol. The zero-order valence-electron chi connectivity index (χ0n) is 14.9. The summed E-state index contributed by atoms with van der Waals surface area (Å²) in [6.45, 7) is 5.81. The number of nitrogens with one attached hydrogen (secondary N) is 2. The number of aromatic nitrogens is 1. The van der Waals surface area contributed by atoms with Gasteiger partial charge in [-0.05, 0) is 25.5 Å². The van der Waals surface area contributed by atoms with Gasteiger partial charge in [-0.2, -0.15) is 0 Å². The molecule has 130 valence electrons. The molecule has 5 heteroatoms. The molecule has 0 fully saturated rings. The molecule has 2 rings (SSSR count). The van der Waals surface area contributed by atoms with Gasteiger partial charge < -0.3 is 15.1 Å². The van der Waals surface area contributed by atoms with Gasteiger partial charge in [0.25, 0.3) is 0 Å². The molecular formula is C19H28N4O. The Morgan fingerprint density at radius 3 is 2.62 bits per heavy atom. The summed E-state index contributed by atoms with van der Waals surface area (Å²) < 4.78 is 5.57. The Balaban J connectivity index is 1.80. The Kier molecular flexibility index (Phi) is 7.33. The van der Waals surface area contributed by atoms with Crippen LogP contribution in [0, 0.1) is 6.92 Å². The summed E-state index contributed by atoms with van der Waals surface area (Å²) >= 11 is 0. The predicted octanol–water partition coefficient (Wildman–Crippen LogP) is 3.90. The fourth-order valence-electron chi connectivity index (χ4n) is 2.37. The second-order valence-electron chi connectivity index (χ2n) is 5.92. The van der Waals surface area contributed by atoms with Crippen LogP contribution in [-0.2, 0) is 6.54 Å². The molecule has 0 bridgehead atoms. The average molecular weight is 328 g/mol. The van der Waals surface area contributed by atoms with E-state index in [0.29, 0.717) is 12.4 Å². The van der Waals surface area contributed by atoms with Gasteiger partial charge >= 0.3 is 0 Å². The molecule has 5 nitrogen and oxygen atoms in total. The van der Waals surface area contributed by atoms with E-state index in [0.717, 1.165) is 30.2 Å². The van der Waals surface area contributed by atoms with Gasteiger partial charge in [-0.3, -0.25) is 4.99 Å². The van der Waals surface area contributed by atoms with Crippen molar-refractivity contribution in [2.75, 3.05) is 13.6 Å². The largest absolute Gasteiger partial charge is 0.444 e. The van der Waals surface area contributed by atoms with E-state index in [2.05, 4.69) is 46.6 Å². The number of hydrogen-bond donors (Lipinski definition) is 2. The second-order valence-corrected chi connectivity index (χ2v) is 5.92. The highest BCUT2D eigenvalue weighted by Gasteiger charge is 2.07. The summed E-state index contributed by atoms with van der Waals surface area (Å²) in [6.07, 6.45) is 6.65. The van der Waals surface area contributed by atoms with E-state index in [9.17, 15) is 0 Å². The highest BCUT2D eigenvalue weighted by molar-refractivity contribution is 5.79. The highest BCUT2D eigenvalue weighted by atomic mass is 16.3. The quantitative estimate of drug-likeness (QED) is 0.438. The molecule has 0 saturated carbocycles. The fraction of sp³-hybridized carbons (Fsp3) is 0.474. The van der Waals surface area contributed by atoms with Crippen molar-refractivity contribution >= 4 is 5.96 Å². The van der Waals surface area contributed by atoms with Crippen molar-refractivity contribution in [3.63, 3.8) is 0 Å². The number of benzene rings is 1. The molecule has 2 aromatic rings. The molecule has 0 aliphatic carbocycles. The van der Waals surface area contributed by atoms with E-state index in [4.69, 9.17) is 4.42 Å². The fourth-order valence-corrected chi connectivity index (χ4v) is 2.37. The van der Waals surface area contributed by atoms with Gasteiger partial charge in [0.15, 0.2) is 5.96 Å². The minimum atomic E-state index is 0.587. The van der Waals surface area contributed by atoms with Gasteiger partial charge in [0.2, 0.25) is 5.89 Å². The van der Waals surface area contributed by atoms with Crippen LogP contribution in [0.1, 0.15) is 43.9 Å². The topological polar surface area (TPSA) is 62.5 Å². The molecule has 1 aromatic carbocycles. The lowest BCUT2D eigenvalue weighted by molar-refractivity contribution is 0.572. The summed E-state index contributed by atoms with van der Waals surface area (Å²) in [5, 5.41) is 6.59. The lowest BCUT2D eigenvalue weighted by Crippen LogP contribution is -2.37. The normalized spacial score (nSPS) is 11.5. The Labute approximate surface area is 144 Å². The molecule has 0 saturated heterocycles. The average Bonchev–Trinajstić information content (AvgIpc) is 3.07. The number of aliphatic imine (C=N–C) groups is 1. The number of rotatable bonds is 8. The first-order valence-corrected chi connectivity index (χ1v) is 8.69. The van der Waals surface area contributed by atoms with E-state index in [1.165, 1.54) is 24.8 Å². The van der Waals surface area contributed by atoms with Crippen LogP contribution in [0.25, 0.3) is 11.5 Å². The van der Waals surface area contributed by atoms with Crippen LogP contribution in [0.4, 0.5) is 0 Å². The number of aryl methyl sites for hydroxylation is 1. The van der Waals surface area contributed by atoms with Crippen LogP contribution in [0.3, 0.4) is 0 Å². The van der Waals surface area contributed by atoms with Crippen LogP contribution >= 0.6 is 0 Å². The molecule has 0 spiro atoms. The molecule has 0 aliphatic heterocycles. The summed E-state index contributed by atoms with van der Waals surface area (Å²) in [5.74, 6) is 1.45. The Morgan fingerprint density at radius 1 is 1.12 bits per heavy atom. The Hall–Kier alpha value is -2.30. The highest BCUT2D eigenvalue weighted by Crippen LogP contribution is 2.18. The summed E-state index contributed by atoms with van der Waals surface area (Å²) in [7, 11) is 1.78. The van der Waals surface area contributed by atoms with Gasteiger partial charge in [-0.25, -0.2) is 4.98 Å². The number of oxazole rings is 1. The van der Waals surface area contributed by atoms with Gasteiger partial charge in [0.05, 0.1) is 12.2 Å². The molecule has 0 amide bonds. The van der Waals surface area contributed by atoms with E-state index < -0.39 is 0 Å². The van der Waals surface area contributed by atoms with E-state index in [1.807, 2.05) is 12.1 Å². The first-order chi connectivity index (χ1) is 11.7. The number of nitrogens with zero attached hydrogens (tertiary/aromatic N) is 2. The van der Waals surface area contributed by atoms with Gasteiger partial charge in [0, 0.05) is 19.2 Å². The molecule has 1 heterocycles. The molecule has 2 N–H and O–H groups in total. The molecule has 1 aromatic heterocycles. The van der Waals surface area contributed by atoms with Crippen LogP contribution in [0.5, 0.6) is 0 Å². The minimum Gasteiger partial charge on any atom is -0.444 e. The maximum Gasteiger partial charge on any atom is 0.226 e. The molecule has 0 atom stereocenters. The smallest absolute Gasteiger partial charge is 0.226 e. The summed E-state index contributed by atoms with van der Waals surface area (Å²) in [5.41, 5.74) is 3.07. The lowest BCUT2D eigenvalue weighted by atomic mass is 10.1. The molecule has 0 aliphatic rings. The van der Waals surface area contributed by atoms with Crippen molar-refractivity contribution in [3.8, 4) is 11.5 Å². The van der Waals surface area contributed by atoms with Crippen molar-refractivity contribution in [1.29, 1.82) is 0 Å². The number of guanidine groups is 1. The maximum absolute atomic E-state index is 5.57. The van der Waals surface area contributed by atoms with Crippen molar-refractivity contribution in [3.05, 3.63) is 41.8 Å². The third kappa shape index (κ3) is 5.72. The zero-order valence-corrected chi connectivity index (χ0v) is 14.9. The van der Waals surface area contributed by atoms with Crippen molar-refractivity contribution in [2.45, 2.75) is 46.1 Å². The minimum absolute atomic E-state index is 0.587. The Bertz CT molecular complexity index is 631. The first kappa shape index (κ1) is 18.0. The molecule has 0 unspecified atom stereocenters. The number of hydrogen-bond acceptors (Lipinski definition) is 3. The van der Waals surface area contributed by atoms with E-state index >= 15 is 0 Å².